The van der Waals surface area contributed by atoms with Crippen molar-refractivity contribution in [1.29, 1.82) is 0 Å². The second-order valence-electron chi connectivity index (χ2n) is 16.5. The van der Waals surface area contributed by atoms with Crippen molar-refractivity contribution in [1.82, 2.24) is 34.9 Å². The number of rotatable bonds is 7. The van der Waals surface area contributed by atoms with Gasteiger partial charge in [-0.2, -0.15) is 0 Å². The number of nitrogens with zero attached hydrogens (tertiary/aromatic N) is 7. The zero-order valence-corrected chi connectivity index (χ0v) is 35.7. The number of hydrogen-bond donors (Lipinski definition) is 0. The lowest BCUT2D eigenvalue weighted by atomic mass is 9.98. The molecule has 0 aliphatic heterocycles. The van der Waals surface area contributed by atoms with Crippen molar-refractivity contribution < 1.29 is 4.42 Å². The molecule has 0 saturated heterocycles. The zero-order chi connectivity index (χ0) is 44.3. The van der Waals surface area contributed by atoms with Gasteiger partial charge in [-0.3, -0.25) is 9.97 Å². The van der Waals surface area contributed by atoms with Crippen LogP contribution in [0.1, 0.15) is 0 Å². The minimum Gasteiger partial charge on any atom is -0.435 e. The second kappa shape index (κ2) is 15.8. The van der Waals surface area contributed by atoms with Gasteiger partial charge in [0.05, 0.1) is 28.3 Å². The smallest absolute Gasteiger partial charge is 0.227 e. The van der Waals surface area contributed by atoms with Crippen molar-refractivity contribution >= 4 is 54.5 Å². The third-order valence-electron chi connectivity index (χ3n) is 12.4. The maximum atomic E-state index is 6.88. The van der Waals surface area contributed by atoms with Crippen LogP contribution >= 0.6 is 0 Å². The molecule has 8 heteroatoms. The SMILES string of the molecule is c1ccc(-c2cc(-c3cc(-c4cc(-c5ccccc5)nc(-c5cccc6ccccc56)n4)cc(-c4nc5c6cccnc6c6ncccc6c5o4)c3)nc(-c3cccc4ccccc34)n2)cc1. The van der Waals surface area contributed by atoms with Gasteiger partial charge in [-0.15, -0.1) is 0 Å². The van der Waals surface area contributed by atoms with Crippen molar-refractivity contribution in [3.8, 4) is 79.3 Å². The summed E-state index contributed by atoms with van der Waals surface area (Å²) in [5.74, 6) is 1.68. The number of hydrogen-bond acceptors (Lipinski definition) is 8. The average molecular weight is 858 g/mol. The minimum absolute atomic E-state index is 0.442. The maximum absolute atomic E-state index is 6.88. The summed E-state index contributed by atoms with van der Waals surface area (Å²) in [5, 5.41) is 6.06. The lowest BCUT2D eigenvalue weighted by Crippen LogP contribution is -1.99. The van der Waals surface area contributed by atoms with Gasteiger partial charge < -0.3 is 4.42 Å². The third-order valence-corrected chi connectivity index (χ3v) is 12.4. The van der Waals surface area contributed by atoms with Crippen LogP contribution in [0.5, 0.6) is 0 Å². The Morgan fingerprint density at radius 1 is 0.299 bits per heavy atom. The van der Waals surface area contributed by atoms with E-state index < -0.39 is 0 Å². The molecule has 0 aliphatic rings. The van der Waals surface area contributed by atoms with Crippen molar-refractivity contribution in [3.05, 3.63) is 213 Å². The Morgan fingerprint density at radius 3 is 1.28 bits per heavy atom. The van der Waals surface area contributed by atoms with Gasteiger partial charge in [0.15, 0.2) is 17.2 Å². The van der Waals surface area contributed by atoms with Gasteiger partial charge in [-0.1, -0.05) is 146 Å². The van der Waals surface area contributed by atoms with Gasteiger partial charge in [-0.25, -0.2) is 24.9 Å². The van der Waals surface area contributed by atoms with Crippen LogP contribution in [0.2, 0.25) is 0 Å². The largest absolute Gasteiger partial charge is 0.435 e. The van der Waals surface area contributed by atoms with Gasteiger partial charge >= 0.3 is 0 Å². The van der Waals surface area contributed by atoms with Crippen LogP contribution in [-0.2, 0) is 0 Å². The maximum Gasteiger partial charge on any atom is 0.227 e. The van der Waals surface area contributed by atoms with E-state index in [9.17, 15) is 0 Å². The molecule has 13 aromatic rings. The third kappa shape index (κ3) is 6.74. The van der Waals surface area contributed by atoms with E-state index in [0.29, 0.717) is 28.6 Å². The molecule has 0 amide bonds. The molecule has 0 atom stereocenters. The molecule has 0 bridgehead atoms. The fourth-order valence-corrected chi connectivity index (χ4v) is 9.20. The number of fused-ring (bicyclic) bond motifs is 8. The lowest BCUT2D eigenvalue weighted by Gasteiger charge is -2.14. The lowest BCUT2D eigenvalue weighted by molar-refractivity contribution is 0.623. The van der Waals surface area contributed by atoms with Gasteiger partial charge in [0, 0.05) is 62.1 Å². The van der Waals surface area contributed by atoms with Crippen LogP contribution in [-0.4, -0.2) is 34.9 Å². The molecule has 0 N–H and O–H groups in total. The molecule has 8 aromatic carbocycles. The summed E-state index contributed by atoms with van der Waals surface area (Å²) in [7, 11) is 0. The molecule has 0 fully saturated rings. The molecule has 0 unspecified atom stereocenters. The Balaban J connectivity index is 1.09. The van der Waals surface area contributed by atoms with E-state index in [2.05, 4.69) is 140 Å². The molecule has 67 heavy (non-hydrogen) atoms. The van der Waals surface area contributed by atoms with Crippen molar-refractivity contribution in [2.75, 3.05) is 0 Å². The van der Waals surface area contributed by atoms with Gasteiger partial charge in [0.1, 0.15) is 11.0 Å². The van der Waals surface area contributed by atoms with E-state index in [1.54, 1.807) is 12.4 Å². The standard InChI is InChI=1S/C59H35N7O/c1-3-17-38(18-4-1)49-34-51(64-57(62-49)45-25-11-21-36-15-7-9-23-43(36)45)40-31-41(33-42(32-40)59-66-55-47-27-13-29-60-53(47)54-48(56(55)67-59)28-14-30-61-54)52-35-50(39-19-5-2-6-20-39)63-58(65-52)46-26-12-22-37-16-8-10-24-44(37)46/h1-35H. The summed E-state index contributed by atoms with van der Waals surface area (Å²) in [5.41, 5.74) is 12.2. The molecule has 13 rings (SSSR count). The molecule has 0 radical (unpaired) electrons. The Bertz CT molecular complexity index is 3790. The van der Waals surface area contributed by atoms with Crippen LogP contribution < -0.4 is 0 Å². The van der Waals surface area contributed by atoms with E-state index in [4.69, 9.17) is 39.3 Å². The first kappa shape index (κ1) is 38.2. The highest BCUT2D eigenvalue weighted by Gasteiger charge is 2.21. The fourth-order valence-electron chi connectivity index (χ4n) is 9.20. The Morgan fingerprint density at radius 2 is 0.731 bits per heavy atom. The summed E-state index contributed by atoms with van der Waals surface area (Å²) in [4.78, 5) is 36.0. The Hall–Kier alpha value is -9.27. The highest BCUT2D eigenvalue weighted by atomic mass is 16.3. The fraction of sp³-hybridized carbons (Fsp3) is 0. The minimum atomic E-state index is 0.442. The van der Waals surface area contributed by atoms with Crippen molar-refractivity contribution in [2.24, 2.45) is 0 Å². The van der Waals surface area contributed by atoms with Crippen LogP contribution in [0, 0.1) is 0 Å². The zero-order valence-electron chi connectivity index (χ0n) is 35.7. The first-order chi connectivity index (χ1) is 33.2. The number of oxazole rings is 1. The van der Waals surface area contributed by atoms with Gasteiger partial charge in [0.25, 0.3) is 0 Å². The Labute approximate surface area is 384 Å². The molecular weight excluding hydrogens is 823 g/mol. The summed E-state index contributed by atoms with van der Waals surface area (Å²) in [6.45, 7) is 0. The molecular formula is C59H35N7O. The van der Waals surface area contributed by atoms with E-state index in [0.717, 1.165) is 105 Å². The first-order valence-corrected chi connectivity index (χ1v) is 22.1. The molecule has 5 heterocycles. The van der Waals surface area contributed by atoms with Crippen molar-refractivity contribution in [2.45, 2.75) is 0 Å². The molecule has 0 spiro atoms. The van der Waals surface area contributed by atoms with E-state index in [-0.39, 0.29) is 0 Å². The normalized spacial score (nSPS) is 11.6. The number of aromatic nitrogens is 7. The highest BCUT2D eigenvalue weighted by Crippen LogP contribution is 2.40. The van der Waals surface area contributed by atoms with Crippen LogP contribution in [0.15, 0.2) is 217 Å². The predicted octanol–water partition coefficient (Wildman–Crippen LogP) is 14.5. The predicted molar refractivity (Wildman–Crippen MR) is 269 cm³/mol. The highest BCUT2D eigenvalue weighted by molar-refractivity contribution is 6.20. The summed E-state index contributed by atoms with van der Waals surface area (Å²) in [6, 6.07) is 68.1. The molecule has 312 valence electrons. The van der Waals surface area contributed by atoms with Crippen LogP contribution in [0.25, 0.3) is 134 Å². The molecule has 8 nitrogen and oxygen atoms in total. The number of benzene rings is 8. The number of pyridine rings is 2. The molecule has 0 aliphatic carbocycles. The van der Waals surface area contributed by atoms with Gasteiger partial charge in [0.2, 0.25) is 5.89 Å². The summed E-state index contributed by atoms with van der Waals surface area (Å²) < 4.78 is 6.88. The quantitative estimate of drug-likeness (QED) is 0.146. The summed E-state index contributed by atoms with van der Waals surface area (Å²) >= 11 is 0. The molecule has 0 saturated carbocycles. The van der Waals surface area contributed by atoms with Crippen LogP contribution in [0.3, 0.4) is 0 Å². The van der Waals surface area contributed by atoms with Gasteiger partial charge in [-0.05, 0) is 76.1 Å². The average Bonchev–Trinajstić information content (AvgIpc) is 3.87. The first-order valence-electron chi connectivity index (χ1n) is 22.1. The Kier molecular flexibility index (Phi) is 8.99. The van der Waals surface area contributed by atoms with Crippen molar-refractivity contribution in [3.63, 3.8) is 0 Å². The topological polar surface area (TPSA) is 103 Å². The second-order valence-corrected chi connectivity index (χ2v) is 16.5. The van der Waals surface area contributed by atoms with E-state index in [1.807, 2.05) is 60.7 Å². The monoisotopic (exact) mass is 857 g/mol. The van der Waals surface area contributed by atoms with E-state index in [1.165, 1.54) is 0 Å². The summed E-state index contributed by atoms with van der Waals surface area (Å²) in [6.07, 6.45) is 3.57. The van der Waals surface area contributed by atoms with Crippen LogP contribution in [0.4, 0.5) is 0 Å². The molecule has 5 aromatic heterocycles. The van der Waals surface area contributed by atoms with E-state index >= 15 is 0 Å².